The highest BCUT2D eigenvalue weighted by atomic mass is 32.2. The Bertz CT molecular complexity index is 2470. The number of hydrogen-bond acceptors (Lipinski definition) is 13. The first-order valence-corrected chi connectivity index (χ1v) is 25.4. The molecule has 0 bridgehead atoms. The maximum Gasteiger partial charge on any atom is 0.308 e. The number of esters is 1. The summed E-state index contributed by atoms with van der Waals surface area (Å²) < 4.78 is 69.8. The second-order valence-electron chi connectivity index (χ2n) is 16.0. The first-order chi connectivity index (χ1) is 31.0. The number of aryl methyl sites for hydroxylation is 1. The monoisotopic (exact) mass is 953 g/mol. The van der Waals surface area contributed by atoms with Gasteiger partial charge >= 0.3 is 5.97 Å². The molecule has 17 nitrogen and oxygen atoms in total. The Balaban J connectivity index is 1.35. The van der Waals surface area contributed by atoms with Crippen molar-refractivity contribution in [3.63, 3.8) is 0 Å². The van der Waals surface area contributed by atoms with E-state index in [1.165, 1.54) is 13.3 Å². The summed E-state index contributed by atoms with van der Waals surface area (Å²) in [4.78, 5) is 50.4. The van der Waals surface area contributed by atoms with Gasteiger partial charge in [0.2, 0.25) is 27.8 Å². The molecule has 1 unspecified atom stereocenters. The molecule has 1 heterocycles. The minimum absolute atomic E-state index is 0.0247. The minimum atomic E-state index is -4.14. The van der Waals surface area contributed by atoms with Gasteiger partial charge < -0.3 is 30.9 Å². The summed E-state index contributed by atoms with van der Waals surface area (Å²) in [6.07, 6.45) is 3.46. The third-order valence-electron chi connectivity index (χ3n) is 11.0. The van der Waals surface area contributed by atoms with Crippen LogP contribution in [0, 0.1) is 20.8 Å². The van der Waals surface area contributed by atoms with Gasteiger partial charge in [-0.15, -0.1) is 11.3 Å². The van der Waals surface area contributed by atoms with E-state index in [1.807, 2.05) is 0 Å². The Hall–Kier alpha value is -5.41. The lowest BCUT2D eigenvalue weighted by Crippen LogP contribution is -2.56. The van der Waals surface area contributed by atoms with Crippen molar-refractivity contribution in [3.05, 3.63) is 111 Å². The maximum atomic E-state index is 14.3. The SMILES string of the molecule is COc1cc(C)c(S(=O)(=O)NC(N)=NCCC[C@H](NC(=O)[C@H](CC(=O)OC2CCCCC2)NC(=O)[C@@H](Cc2ccccc2)NS(=O)(=O)Cc2ccccc2)C(O)c2nccs2)c(C)c1C. The van der Waals surface area contributed by atoms with Crippen LogP contribution in [0.15, 0.2) is 88.2 Å². The second kappa shape index (κ2) is 23.7. The molecule has 1 aliphatic rings. The van der Waals surface area contributed by atoms with Gasteiger partial charge in [0.05, 0.1) is 30.2 Å². The van der Waals surface area contributed by atoms with Gasteiger partial charge in [0.15, 0.2) is 0 Å². The average molecular weight is 954 g/mol. The number of nitrogens with zero attached hydrogens (tertiary/aromatic N) is 2. The van der Waals surface area contributed by atoms with Crippen molar-refractivity contribution in [3.8, 4) is 5.75 Å². The zero-order valence-corrected chi connectivity index (χ0v) is 39.4. The second-order valence-corrected chi connectivity index (χ2v) is 20.3. The summed E-state index contributed by atoms with van der Waals surface area (Å²) in [6.45, 7) is 5.04. The summed E-state index contributed by atoms with van der Waals surface area (Å²) in [5, 5.41) is 18.8. The van der Waals surface area contributed by atoms with E-state index in [0.717, 1.165) is 30.6 Å². The van der Waals surface area contributed by atoms with Crippen LogP contribution in [0.1, 0.15) is 90.3 Å². The molecule has 1 aliphatic carbocycles. The van der Waals surface area contributed by atoms with Gasteiger partial charge in [0, 0.05) is 18.1 Å². The zero-order chi connectivity index (χ0) is 47.1. The van der Waals surface area contributed by atoms with Crippen LogP contribution < -0.4 is 30.5 Å². The third-order valence-corrected chi connectivity index (χ3v) is 14.9. The summed E-state index contributed by atoms with van der Waals surface area (Å²) in [6, 6.07) is 14.8. The molecule has 1 aromatic heterocycles. The molecule has 0 aliphatic heterocycles. The molecule has 65 heavy (non-hydrogen) atoms. The number of aromatic nitrogens is 1. The Morgan fingerprint density at radius 2 is 1.55 bits per heavy atom. The lowest BCUT2D eigenvalue weighted by Gasteiger charge is -2.28. The lowest BCUT2D eigenvalue weighted by molar-refractivity contribution is -0.152. The molecule has 352 valence electrons. The first-order valence-electron chi connectivity index (χ1n) is 21.4. The number of sulfonamides is 2. The van der Waals surface area contributed by atoms with E-state index in [-0.39, 0.29) is 47.8 Å². The number of methoxy groups -OCH3 is 1. The highest BCUT2D eigenvalue weighted by Crippen LogP contribution is 2.30. The summed E-state index contributed by atoms with van der Waals surface area (Å²) in [5.41, 5.74) is 8.78. The van der Waals surface area contributed by atoms with Gasteiger partial charge in [0.25, 0.3) is 10.0 Å². The first kappa shape index (κ1) is 50.6. The van der Waals surface area contributed by atoms with Crippen LogP contribution in [0.2, 0.25) is 0 Å². The molecule has 0 saturated heterocycles. The van der Waals surface area contributed by atoms with E-state index >= 15 is 0 Å². The number of rotatable bonds is 22. The standard InChI is InChI=1S/C45H59N7O10S3/c1-29-25-38(61-4)30(2)31(3)41(29)65(59,60)52-45(46)48-22-14-21-35(40(54)44-47-23-24-63-44)49-42(55)36(27-39(53)62-34-19-12-7-13-20-34)50-43(56)37(26-32-15-8-5-9-16-32)51-64(57,58)28-33-17-10-6-11-18-33/h5-6,8-11,15-18,23-25,34-37,40,51,54H,7,12-14,19-22,26-28H2,1-4H3,(H,49,55)(H,50,56)(H3,46,48,52)/t35-,36-,37+,40?/m0/s1. The van der Waals surface area contributed by atoms with E-state index in [2.05, 4.69) is 30.1 Å². The number of carbonyl (C=O) groups excluding carboxylic acids is 3. The highest BCUT2D eigenvalue weighted by Gasteiger charge is 2.34. The molecule has 7 N–H and O–H groups in total. The number of aliphatic imine (C=N–C) groups is 1. The van der Waals surface area contributed by atoms with Crippen molar-refractivity contribution < 1.29 is 45.8 Å². The topological polar surface area (TPSA) is 258 Å². The number of nitrogens with one attached hydrogen (secondary N) is 4. The van der Waals surface area contributed by atoms with Crippen LogP contribution in [0.4, 0.5) is 0 Å². The fourth-order valence-corrected chi connectivity index (χ4v) is 11.2. The fourth-order valence-electron chi connectivity index (χ4n) is 7.68. The van der Waals surface area contributed by atoms with Crippen molar-refractivity contribution in [2.24, 2.45) is 10.7 Å². The number of aliphatic hydroxyl groups is 1. The largest absolute Gasteiger partial charge is 0.496 e. The van der Waals surface area contributed by atoms with Crippen LogP contribution in [0.3, 0.4) is 0 Å². The van der Waals surface area contributed by atoms with Gasteiger partial charge in [-0.05, 0) is 99.6 Å². The summed E-state index contributed by atoms with van der Waals surface area (Å²) in [5.74, 6) is -2.69. The average Bonchev–Trinajstić information content (AvgIpc) is 3.81. The molecule has 20 heteroatoms. The summed E-state index contributed by atoms with van der Waals surface area (Å²) >= 11 is 1.15. The number of ether oxygens (including phenoxy) is 2. The summed E-state index contributed by atoms with van der Waals surface area (Å²) in [7, 11) is -6.75. The molecule has 5 rings (SSSR count). The van der Waals surface area contributed by atoms with Gasteiger partial charge in [0.1, 0.15) is 35.0 Å². The molecular weight excluding hydrogens is 895 g/mol. The maximum absolute atomic E-state index is 14.3. The van der Waals surface area contributed by atoms with Crippen molar-refractivity contribution in [2.45, 2.75) is 120 Å². The van der Waals surface area contributed by atoms with Crippen LogP contribution in [-0.2, 0) is 51.3 Å². The lowest BCUT2D eigenvalue weighted by atomic mass is 9.98. The number of guanidine groups is 1. The quantitative estimate of drug-likeness (QED) is 0.0281. The Labute approximate surface area is 385 Å². The minimum Gasteiger partial charge on any atom is -0.496 e. The predicted molar refractivity (Wildman–Crippen MR) is 248 cm³/mol. The predicted octanol–water partition coefficient (Wildman–Crippen LogP) is 4.15. The number of aliphatic hydroxyl groups excluding tert-OH is 1. The molecule has 0 radical (unpaired) electrons. The van der Waals surface area contributed by atoms with Gasteiger partial charge in [-0.1, -0.05) is 67.1 Å². The van der Waals surface area contributed by atoms with Crippen LogP contribution in [0.25, 0.3) is 0 Å². The fraction of sp³-hybridized carbons (Fsp3) is 0.444. The number of hydrogen-bond donors (Lipinski definition) is 6. The zero-order valence-electron chi connectivity index (χ0n) is 37.0. The van der Waals surface area contributed by atoms with E-state index in [0.29, 0.717) is 46.4 Å². The van der Waals surface area contributed by atoms with Gasteiger partial charge in [-0.25, -0.2) is 31.3 Å². The molecule has 2 amide bonds. The van der Waals surface area contributed by atoms with Crippen LogP contribution >= 0.6 is 11.3 Å². The molecule has 0 spiro atoms. The molecule has 1 saturated carbocycles. The third kappa shape index (κ3) is 15.1. The van der Waals surface area contributed by atoms with Crippen LogP contribution in [-0.4, -0.2) is 88.6 Å². The number of nitrogens with two attached hydrogens (primary N) is 1. The van der Waals surface area contributed by atoms with E-state index in [4.69, 9.17) is 15.2 Å². The Morgan fingerprint density at radius 3 is 2.18 bits per heavy atom. The van der Waals surface area contributed by atoms with E-state index in [9.17, 15) is 36.3 Å². The number of amides is 2. The Kier molecular flexibility index (Phi) is 18.4. The number of carbonyl (C=O) groups is 3. The van der Waals surface area contributed by atoms with Crippen molar-refractivity contribution >= 4 is 55.1 Å². The molecular formula is C45H59N7O10S3. The van der Waals surface area contributed by atoms with Crippen LogP contribution in [0.5, 0.6) is 5.75 Å². The highest BCUT2D eigenvalue weighted by molar-refractivity contribution is 7.90. The number of thiazole rings is 1. The van der Waals surface area contributed by atoms with Crippen molar-refractivity contribution in [1.29, 1.82) is 0 Å². The molecule has 3 aromatic carbocycles. The smallest absolute Gasteiger partial charge is 0.308 e. The molecule has 4 atom stereocenters. The van der Waals surface area contributed by atoms with Gasteiger partial charge in [-0.3, -0.25) is 19.4 Å². The normalized spacial score (nSPS) is 15.6. The van der Waals surface area contributed by atoms with Crippen molar-refractivity contribution in [2.75, 3.05) is 13.7 Å². The Morgan fingerprint density at radius 1 is 0.908 bits per heavy atom. The van der Waals surface area contributed by atoms with Crippen molar-refractivity contribution in [1.82, 2.24) is 25.1 Å². The number of benzene rings is 3. The van der Waals surface area contributed by atoms with Gasteiger partial charge in [-0.2, -0.15) is 0 Å². The molecule has 1 fully saturated rings. The van der Waals surface area contributed by atoms with E-state index < -0.39 is 74.2 Å². The van der Waals surface area contributed by atoms with E-state index in [1.54, 1.807) is 92.9 Å². The molecule has 4 aromatic rings.